The number of carbonyl (C=O) groups is 1. The van der Waals surface area contributed by atoms with Crippen LogP contribution in [0.15, 0.2) is 42.5 Å². The molecule has 1 unspecified atom stereocenters. The van der Waals surface area contributed by atoms with Crippen LogP contribution in [-0.4, -0.2) is 57.8 Å². The summed E-state index contributed by atoms with van der Waals surface area (Å²) in [7, 11) is -3.45. The quantitative estimate of drug-likeness (QED) is 0.691. The van der Waals surface area contributed by atoms with Crippen LogP contribution < -0.4 is 19.5 Å². The Morgan fingerprint density at radius 3 is 2.71 bits per heavy atom. The molecule has 0 spiro atoms. The first-order valence-electron chi connectivity index (χ1n) is 9.92. The molecule has 31 heavy (non-hydrogen) atoms. The summed E-state index contributed by atoms with van der Waals surface area (Å²) in [5, 5.41) is 2.77. The van der Waals surface area contributed by atoms with Crippen molar-refractivity contribution in [2.24, 2.45) is 0 Å². The molecule has 1 saturated heterocycles. The Labute approximate surface area is 180 Å². The van der Waals surface area contributed by atoms with Crippen LogP contribution in [0.5, 0.6) is 17.2 Å². The van der Waals surface area contributed by atoms with Gasteiger partial charge in [0.2, 0.25) is 16.8 Å². The topological polar surface area (TPSA) is 103 Å². The summed E-state index contributed by atoms with van der Waals surface area (Å²) < 4.78 is 48.2. The molecule has 2 aliphatic heterocycles. The van der Waals surface area contributed by atoms with Crippen LogP contribution in [-0.2, 0) is 25.3 Å². The molecule has 2 aliphatic rings. The number of fused-ring (bicyclic) bond motifs is 1. The number of rotatable bonds is 7. The first kappa shape index (κ1) is 21.4. The predicted molar refractivity (Wildman–Crippen MR) is 113 cm³/mol. The molecule has 0 saturated carbocycles. The van der Waals surface area contributed by atoms with E-state index in [1.54, 1.807) is 49.4 Å². The van der Waals surface area contributed by atoms with Crippen molar-refractivity contribution in [1.29, 1.82) is 0 Å². The van der Waals surface area contributed by atoms with Crippen LogP contribution in [0.2, 0.25) is 0 Å². The van der Waals surface area contributed by atoms with Gasteiger partial charge in [-0.3, -0.25) is 4.79 Å². The van der Waals surface area contributed by atoms with Crippen molar-refractivity contribution in [2.75, 3.05) is 38.4 Å². The second kappa shape index (κ2) is 9.13. The summed E-state index contributed by atoms with van der Waals surface area (Å²) in [4.78, 5) is 12.6. The van der Waals surface area contributed by atoms with Crippen LogP contribution >= 0.6 is 0 Å². The van der Waals surface area contributed by atoms with E-state index in [1.165, 1.54) is 4.31 Å². The summed E-state index contributed by atoms with van der Waals surface area (Å²) in [6.07, 6.45) is -0.777. The average Bonchev–Trinajstić information content (AvgIpc) is 3.22. The van der Waals surface area contributed by atoms with Gasteiger partial charge in [-0.15, -0.1) is 0 Å². The number of hydrogen-bond acceptors (Lipinski definition) is 7. The van der Waals surface area contributed by atoms with Crippen molar-refractivity contribution in [3.8, 4) is 17.2 Å². The van der Waals surface area contributed by atoms with Gasteiger partial charge < -0.3 is 24.3 Å². The van der Waals surface area contributed by atoms with Crippen molar-refractivity contribution in [3.05, 3.63) is 48.0 Å². The number of anilines is 1. The van der Waals surface area contributed by atoms with Gasteiger partial charge in [0.05, 0.1) is 19.0 Å². The van der Waals surface area contributed by atoms with Crippen LogP contribution in [0.25, 0.3) is 0 Å². The largest absolute Gasteiger partial charge is 0.481 e. The normalized spacial score (nSPS) is 17.2. The molecule has 1 N–H and O–H groups in total. The Hall–Kier alpha value is -2.82. The van der Waals surface area contributed by atoms with E-state index in [2.05, 4.69) is 5.32 Å². The van der Waals surface area contributed by atoms with Crippen LogP contribution in [0.4, 0.5) is 5.69 Å². The number of carbonyl (C=O) groups excluding carboxylic acids is 1. The van der Waals surface area contributed by atoms with E-state index in [9.17, 15) is 13.2 Å². The third-order valence-electron chi connectivity index (χ3n) is 4.93. The lowest BCUT2D eigenvalue weighted by Gasteiger charge is -2.26. The van der Waals surface area contributed by atoms with Crippen LogP contribution in [0, 0.1) is 0 Å². The number of amides is 1. The van der Waals surface area contributed by atoms with Crippen molar-refractivity contribution in [2.45, 2.75) is 18.8 Å². The number of nitrogens with one attached hydrogen (secondary N) is 1. The summed E-state index contributed by atoms with van der Waals surface area (Å²) in [5.74, 6) is 1.19. The molecule has 1 fully saturated rings. The van der Waals surface area contributed by atoms with Crippen LogP contribution in [0.3, 0.4) is 0 Å². The van der Waals surface area contributed by atoms with E-state index < -0.39 is 16.1 Å². The van der Waals surface area contributed by atoms with E-state index in [0.717, 1.165) is 0 Å². The van der Waals surface area contributed by atoms with E-state index >= 15 is 0 Å². The summed E-state index contributed by atoms with van der Waals surface area (Å²) in [6, 6.07) is 11.9. The average molecular weight is 448 g/mol. The number of morpholine rings is 1. The molecule has 2 heterocycles. The lowest BCUT2D eigenvalue weighted by Crippen LogP contribution is -2.41. The van der Waals surface area contributed by atoms with E-state index in [0.29, 0.717) is 54.8 Å². The smallest absolute Gasteiger partial charge is 0.265 e. The zero-order valence-corrected chi connectivity index (χ0v) is 17.9. The number of nitrogens with zero attached hydrogens (tertiary/aromatic N) is 1. The van der Waals surface area contributed by atoms with E-state index in [-0.39, 0.29) is 18.5 Å². The van der Waals surface area contributed by atoms with Crippen LogP contribution in [0.1, 0.15) is 12.5 Å². The zero-order chi connectivity index (χ0) is 21.8. The Kier molecular flexibility index (Phi) is 6.30. The van der Waals surface area contributed by atoms with Gasteiger partial charge in [-0.05, 0) is 36.8 Å². The highest BCUT2D eigenvalue weighted by molar-refractivity contribution is 7.88. The lowest BCUT2D eigenvalue weighted by atomic mass is 10.2. The predicted octanol–water partition coefficient (Wildman–Crippen LogP) is 1.98. The van der Waals surface area contributed by atoms with Gasteiger partial charge >= 0.3 is 0 Å². The minimum atomic E-state index is -3.45. The zero-order valence-electron chi connectivity index (χ0n) is 17.1. The van der Waals surface area contributed by atoms with E-state index in [4.69, 9.17) is 18.9 Å². The minimum absolute atomic E-state index is 0.139. The van der Waals surface area contributed by atoms with E-state index in [1.807, 2.05) is 0 Å². The number of ether oxygens (including phenoxy) is 4. The molecule has 2 aromatic carbocycles. The Morgan fingerprint density at radius 2 is 1.90 bits per heavy atom. The Morgan fingerprint density at radius 1 is 1.13 bits per heavy atom. The molecular weight excluding hydrogens is 424 g/mol. The first-order chi connectivity index (χ1) is 14.9. The lowest BCUT2D eigenvalue weighted by molar-refractivity contribution is -0.122. The monoisotopic (exact) mass is 448 g/mol. The first-order valence-corrected chi connectivity index (χ1v) is 11.5. The maximum Gasteiger partial charge on any atom is 0.265 e. The third kappa shape index (κ3) is 5.27. The summed E-state index contributed by atoms with van der Waals surface area (Å²) in [5.41, 5.74) is 1.09. The molecule has 9 nitrogen and oxygen atoms in total. The van der Waals surface area contributed by atoms with Gasteiger partial charge in [-0.25, -0.2) is 8.42 Å². The molecule has 1 amide bonds. The van der Waals surface area contributed by atoms with Gasteiger partial charge in [0, 0.05) is 24.8 Å². The SMILES string of the molecule is CC(Oc1ccc2c(c1)OCO2)C(=O)Nc1cccc(CS(=O)(=O)N2CCOCC2)c1. The number of benzene rings is 2. The number of sulfonamides is 1. The fourth-order valence-corrected chi connectivity index (χ4v) is 4.81. The Balaban J connectivity index is 1.37. The van der Waals surface area contributed by atoms with Gasteiger partial charge in [0.1, 0.15) is 5.75 Å². The van der Waals surface area contributed by atoms with Crippen molar-refractivity contribution in [3.63, 3.8) is 0 Å². The fraction of sp³-hybridized carbons (Fsp3) is 0.381. The molecule has 0 aromatic heterocycles. The van der Waals surface area contributed by atoms with Crippen molar-refractivity contribution < 1.29 is 32.2 Å². The maximum atomic E-state index is 12.6. The molecule has 0 radical (unpaired) electrons. The maximum absolute atomic E-state index is 12.6. The van der Waals surface area contributed by atoms with Crippen molar-refractivity contribution in [1.82, 2.24) is 4.31 Å². The standard InChI is InChI=1S/C21H24N2O7S/c1-15(30-18-5-6-19-20(12-18)29-14-28-19)21(24)22-17-4-2-3-16(11-17)13-31(25,26)23-7-9-27-10-8-23/h2-6,11-12,15H,7-10,13-14H2,1H3,(H,22,24). The molecular formula is C21H24N2O7S. The highest BCUT2D eigenvalue weighted by Gasteiger charge is 2.25. The minimum Gasteiger partial charge on any atom is -0.481 e. The second-order valence-electron chi connectivity index (χ2n) is 7.23. The molecule has 0 bridgehead atoms. The third-order valence-corrected chi connectivity index (χ3v) is 6.78. The fourth-order valence-electron chi connectivity index (χ4n) is 3.32. The molecule has 0 aliphatic carbocycles. The molecule has 10 heteroatoms. The molecule has 166 valence electrons. The summed E-state index contributed by atoms with van der Waals surface area (Å²) in [6.45, 7) is 3.30. The summed E-state index contributed by atoms with van der Waals surface area (Å²) >= 11 is 0. The van der Waals surface area contributed by atoms with Gasteiger partial charge in [-0.2, -0.15) is 4.31 Å². The molecule has 2 aromatic rings. The second-order valence-corrected chi connectivity index (χ2v) is 9.20. The molecule has 4 rings (SSSR count). The van der Waals surface area contributed by atoms with Gasteiger partial charge in [0.15, 0.2) is 17.6 Å². The highest BCUT2D eigenvalue weighted by atomic mass is 32.2. The Bertz CT molecular complexity index is 1050. The van der Waals surface area contributed by atoms with Gasteiger partial charge in [-0.1, -0.05) is 12.1 Å². The highest BCUT2D eigenvalue weighted by Crippen LogP contribution is 2.35. The molecule has 1 atom stereocenters. The van der Waals surface area contributed by atoms with Crippen molar-refractivity contribution >= 4 is 21.6 Å². The number of hydrogen-bond donors (Lipinski definition) is 1. The van der Waals surface area contributed by atoms with Gasteiger partial charge in [0.25, 0.3) is 5.91 Å².